The van der Waals surface area contributed by atoms with E-state index in [-0.39, 0.29) is 5.56 Å². The van der Waals surface area contributed by atoms with Gasteiger partial charge < -0.3 is 5.73 Å². The minimum Gasteiger partial charge on any atom is -0.323 e. The highest BCUT2D eigenvalue weighted by Gasteiger charge is 2.19. The third-order valence-corrected chi connectivity index (χ3v) is 3.22. The Bertz CT molecular complexity index is 531. The lowest BCUT2D eigenvalue weighted by molar-refractivity contribution is 0.542. The molecule has 0 spiro atoms. The maximum absolute atomic E-state index is 13.2. The van der Waals surface area contributed by atoms with Gasteiger partial charge in [-0.25, -0.2) is 17.6 Å². The van der Waals surface area contributed by atoms with Crippen molar-refractivity contribution in [2.24, 2.45) is 5.73 Å². The molecule has 0 heterocycles. The van der Waals surface area contributed by atoms with E-state index in [1.54, 1.807) is 6.92 Å². The van der Waals surface area contributed by atoms with Crippen molar-refractivity contribution in [3.05, 3.63) is 70.8 Å². The molecule has 2 rings (SSSR count). The van der Waals surface area contributed by atoms with Gasteiger partial charge in [0.15, 0.2) is 0 Å². The molecule has 2 atom stereocenters. The smallest absolute Gasteiger partial charge is 0.126 e. The zero-order chi connectivity index (χ0) is 14.9. The molecule has 0 aliphatic rings. The Morgan fingerprint density at radius 1 is 0.700 bits per heavy atom. The summed E-state index contributed by atoms with van der Waals surface area (Å²) in [7, 11) is 0. The molecule has 0 fully saturated rings. The van der Waals surface area contributed by atoms with Crippen LogP contribution in [-0.2, 0) is 0 Å². The van der Waals surface area contributed by atoms with Gasteiger partial charge >= 0.3 is 0 Å². The summed E-state index contributed by atoms with van der Waals surface area (Å²) in [6.07, 6.45) is 0. The first-order valence-electron chi connectivity index (χ1n) is 6.04. The number of hydrogen-bond donors (Lipinski definition) is 1. The van der Waals surface area contributed by atoms with Crippen LogP contribution in [0.15, 0.2) is 36.4 Å². The summed E-state index contributed by atoms with van der Waals surface area (Å²) < 4.78 is 52.7. The topological polar surface area (TPSA) is 26.0 Å². The number of nitrogens with two attached hydrogens (primary N) is 1. The van der Waals surface area contributed by atoms with Crippen LogP contribution in [0.5, 0.6) is 0 Å². The molecule has 0 saturated carbocycles. The van der Waals surface area contributed by atoms with Crippen molar-refractivity contribution < 1.29 is 17.6 Å². The molecule has 0 amide bonds. The Kier molecular flexibility index (Phi) is 4.09. The Morgan fingerprint density at radius 3 is 1.45 bits per heavy atom. The summed E-state index contributed by atoms with van der Waals surface area (Å²) in [5.41, 5.74) is 6.50. The lowest BCUT2D eigenvalue weighted by Crippen LogP contribution is -2.18. The molecule has 0 saturated heterocycles. The average Bonchev–Trinajstić information content (AvgIpc) is 2.34. The summed E-state index contributed by atoms with van der Waals surface area (Å²) in [4.78, 5) is 0. The quantitative estimate of drug-likeness (QED) is 0.845. The first-order chi connectivity index (χ1) is 9.36. The molecule has 0 radical (unpaired) electrons. The predicted molar refractivity (Wildman–Crippen MR) is 68.1 cm³/mol. The highest BCUT2D eigenvalue weighted by molar-refractivity contribution is 5.29. The molecule has 2 aromatic carbocycles. The fourth-order valence-corrected chi connectivity index (χ4v) is 2.10. The standard InChI is InChI=1S/C15H13F4N/c1-8(9-2-11(16)6-12(17)3-9)15(20)10-4-13(18)7-14(19)5-10/h2-8,15H,20H2,1H3/t8-,15+/m1/s1. The second-order valence-electron chi connectivity index (χ2n) is 4.72. The van der Waals surface area contributed by atoms with Gasteiger partial charge in [0.2, 0.25) is 0 Å². The van der Waals surface area contributed by atoms with Gasteiger partial charge in [0.1, 0.15) is 23.3 Å². The lowest BCUT2D eigenvalue weighted by Gasteiger charge is -2.21. The molecule has 0 aliphatic heterocycles. The van der Waals surface area contributed by atoms with E-state index in [9.17, 15) is 17.6 Å². The van der Waals surface area contributed by atoms with E-state index in [4.69, 9.17) is 5.73 Å². The molecule has 2 aromatic rings. The van der Waals surface area contributed by atoms with Crippen LogP contribution in [0.1, 0.15) is 30.0 Å². The Hall–Kier alpha value is -1.88. The van der Waals surface area contributed by atoms with Crippen LogP contribution in [0.2, 0.25) is 0 Å². The van der Waals surface area contributed by atoms with E-state index in [0.29, 0.717) is 5.56 Å². The molecule has 2 N–H and O–H groups in total. The van der Waals surface area contributed by atoms with Crippen LogP contribution in [-0.4, -0.2) is 0 Å². The van der Waals surface area contributed by atoms with Crippen molar-refractivity contribution >= 4 is 0 Å². The summed E-state index contributed by atoms with van der Waals surface area (Å²) >= 11 is 0. The van der Waals surface area contributed by atoms with Crippen molar-refractivity contribution in [3.63, 3.8) is 0 Å². The predicted octanol–water partition coefficient (Wildman–Crippen LogP) is 4.05. The SMILES string of the molecule is C[C@H](c1cc(F)cc(F)c1)[C@H](N)c1cc(F)cc(F)c1. The van der Waals surface area contributed by atoms with Crippen LogP contribution >= 0.6 is 0 Å². The first kappa shape index (κ1) is 14.5. The first-order valence-corrected chi connectivity index (χ1v) is 6.04. The highest BCUT2D eigenvalue weighted by atomic mass is 19.1. The molecular weight excluding hydrogens is 270 g/mol. The van der Waals surface area contributed by atoms with Crippen molar-refractivity contribution in [1.82, 2.24) is 0 Å². The summed E-state index contributed by atoms with van der Waals surface area (Å²) in [5.74, 6) is -3.42. The Balaban J connectivity index is 2.34. The van der Waals surface area contributed by atoms with Gasteiger partial charge in [-0.2, -0.15) is 0 Å². The van der Waals surface area contributed by atoms with Gasteiger partial charge in [0, 0.05) is 24.1 Å². The second-order valence-corrected chi connectivity index (χ2v) is 4.72. The van der Waals surface area contributed by atoms with Crippen molar-refractivity contribution in [2.45, 2.75) is 18.9 Å². The lowest BCUT2D eigenvalue weighted by atomic mass is 9.89. The van der Waals surface area contributed by atoms with E-state index in [0.717, 1.165) is 36.4 Å². The van der Waals surface area contributed by atoms with Gasteiger partial charge in [-0.3, -0.25) is 0 Å². The molecule has 106 valence electrons. The molecule has 0 aromatic heterocycles. The highest BCUT2D eigenvalue weighted by Crippen LogP contribution is 2.30. The third kappa shape index (κ3) is 3.17. The minimum absolute atomic E-state index is 0.236. The van der Waals surface area contributed by atoms with Crippen molar-refractivity contribution in [3.8, 4) is 0 Å². The number of halogens is 4. The van der Waals surface area contributed by atoms with Gasteiger partial charge in [-0.05, 0) is 35.4 Å². The number of rotatable bonds is 3. The van der Waals surface area contributed by atoms with Crippen LogP contribution in [0.4, 0.5) is 17.6 Å². The molecule has 1 nitrogen and oxygen atoms in total. The van der Waals surface area contributed by atoms with Crippen LogP contribution in [0.25, 0.3) is 0 Å². The monoisotopic (exact) mass is 283 g/mol. The Morgan fingerprint density at radius 2 is 1.05 bits per heavy atom. The van der Waals surface area contributed by atoms with E-state index < -0.39 is 35.2 Å². The summed E-state index contributed by atoms with van der Waals surface area (Å²) in [5, 5.41) is 0. The Labute approximate surface area is 114 Å². The van der Waals surface area contributed by atoms with E-state index in [1.165, 1.54) is 0 Å². The summed E-state index contributed by atoms with van der Waals surface area (Å²) in [6.45, 7) is 1.64. The molecule has 5 heteroatoms. The molecule has 0 bridgehead atoms. The van der Waals surface area contributed by atoms with Crippen LogP contribution in [0, 0.1) is 23.3 Å². The van der Waals surface area contributed by atoms with Gasteiger partial charge in [-0.15, -0.1) is 0 Å². The molecule has 0 unspecified atom stereocenters. The van der Waals surface area contributed by atoms with Crippen LogP contribution in [0.3, 0.4) is 0 Å². The largest absolute Gasteiger partial charge is 0.323 e. The van der Waals surface area contributed by atoms with Crippen LogP contribution < -0.4 is 5.73 Å². The minimum atomic E-state index is -0.776. The maximum Gasteiger partial charge on any atom is 0.126 e. The molecule has 20 heavy (non-hydrogen) atoms. The third-order valence-electron chi connectivity index (χ3n) is 3.22. The van der Waals surface area contributed by atoms with Crippen molar-refractivity contribution in [1.29, 1.82) is 0 Å². The fraction of sp³-hybridized carbons (Fsp3) is 0.200. The van der Waals surface area contributed by atoms with E-state index >= 15 is 0 Å². The van der Waals surface area contributed by atoms with E-state index in [2.05, 4.69) is 0 Å². The normalized spacial score (nSPS) is 14.1. The zero-order valence-corrected chi connectivity index (χ0v) is 10.7. The molecule has 0 aliphatic carbocycles. The number of benzene rings is 2. The van der Waals surface area contributed by atoms with E-state index in [1.807, 2.05) is 0 Å². The van der Waals surface area contributed by atoms with Crippen molar-refractivity contribution in [2.75, 3.05) is 0 Å². The fourth-order valence-electron chi connectivity index (χ4n) is 2.10. The molecular formula is C15H13F4N. The zero-order valence-electron chi connectivity index (χ0n) is 10.7. The number of hydrogen-bond acceptors (Lipinski definition) is 1. The van der Waals surface area contributed by atoms with Gasteiger partial charge in [0.05, 0.1) is 0 Å². The van der Waals surface area contributed by atoms with Gasteiger partial charge in [0.25, 0.3) is 0 Å². The summed E-state index contributed by atoms with van der Waals surface area (Å²) in [6, 6.07) is 5.25. The second kappa shape index (κ2) is 5.63. The average molecular weight is 283 g/mol. The maximum atomic E-state index is 13.2. The van der Waals surface area contributed by atoms with Gasteiger partial charge in [-0.1, -0.05) is 6.92 Å².